The van der Waals surface area contributed by atoms with Crippen LogP contribution in [0.3, 0.4) is 0 Å². The maximum Gasteiger partial charge on any atom is 0.0195 e. The van der Waals surface area contributed by atoms with E-state index in [1.54, 1.807) is 0 Å². The molecule has 0 fully saturated rings. The maximum absolute atomic E-state index is 3.42. The highest BCUT2D eigenvalue weighted by atomic mass is 32.2. The van der Waals surface area contributed by atoms with Crippen molar-refractivity contribution in [3.63, 3.8) is 0 Å². The Bertz CT molecular complexity index is 322. The Labute approximate surface area is 110 Å². The van der Waals surface area contributed by atoms with Gasteiger partial charge >= 0.3 is 0 Å². The molecule has 1 atom stereocenters. The second-order valence-corrected chi connectivity index (χ2v) is 6.18. The van der Waals surface area contributed by atoms with Crippen LogP contribution >= 0.6 is 11.8 Å². The first-order valence-corrected chi connectivity index (χ1v) is 7.58. The van der Waals surface area contributed by atoms with Crippen molar-refractivity contribution >= 4 is 11.8 Å². The van der Waals surface area contributed by atoms with Crippen LogP contribution in [0.5, 0.6) is 0 Å². The molecule has 0 spiro atoms. The van der Waals surface area contributed by atoms with E-state index in [1.165, 1.54) is 22.6 Å². The zero-order valence-electron chi connectivity index (χ0n) is 11.5. The summed E-state index contributed by atoms with van der Waals surface area (Å²) in [6.07, 6.45) is 1.13. The fraction of sp³-hybridized carbons (Fsp3) is 0.600. The molecule has 0 saturated heterocycles. The predicted octanol–water partition coefficient (Wildman–Crippen LogP) is 3.51. The van der Waals surface area contributed by atoms with Crippen molar-refractivity contribution in [3.05, 3.63) is 35.4 Å². The lowest BCUT2D eigenvalue weighted by Crippen LogP contribution is -2.30. The van der Waals surface area contributed by atoms with Crippen molar-refractivity contribution in [3.8, 4) is 0 Å². The molecule has 96 valence electrons. The SMILES string of the molecule is CNC(CSCC(C)C)Cc1cccc(C)c1. The van der Waals surface area contributed by atoms with Gasteiger partial charge in [0.05, 0.1) is 0 Å². The second-order valence-electron chi connectivity index (χ2n) is 5.11. The molecule has 0 saturated carbocycles. The van der Waals surface area contributed by atoms with E-state index in [0.29, 0.717) is 6.04 Å². The lowest BCUT2D eigenvalue weighted by atomic mass is 10.1. The summed E-state index contributed by atoms with van der Waals surface area (Å²) < 4.78 is 0. The molecule has 0 radical (unpaired) electrons. The average molecular weight is 251 g/mol. The smallest absolute Gasteiger partial charge is 0.0195 e. The Morgan fingerprint density at radius 2 is 2.00 bits per heavy atom. The Balaban J connectivity index is 2.41. The second kappa shape index (κ2) is 7.78. The fourth-order valence-electron chi connectivity index (χ4n) is 1.81. The van der Waals surface area contributed by atoms with E-state index in [4.69, 9.17) is 0 Å². The van der Waals surface area contributed by atoms with Crippen molar-refractivity contribution in [2.24, 2.45) is 5.92 Å². The van der Waals surface area contributed by atoms with Gasteiger partial charge in [0.15, 0.2) is 0 Å². The predicted molar refractivity (Wildman–Crippen MR) is 79.9 cm³/mol. The van der Waals surface area contributed by atoms with E-state index in [2.05, 4.69) is 69.2 Å². The molecule has 1 unspecified atom stereocenters. The molecule has 0 aliphatic rings. The fourth-order valence-corrected chi connectivity index (χ4v) is 2.99. The van der Waals surface area contributed by atoms with Gasteiger partial charge in [0.25, 0.3) is 0 Å². The molecule has 0 aliphatic heterocycles. The van der Waals surface area contributed by atoms with Crippen LogP contribution < -0.4 is 5.32 Å². The van der Waals surface area contributed by atoms with Crippen molar-refractivity contribution in [1.29, 1.82) is 0 Å². The van der Waals surface area contributed by atoms with Crippen molar-refractivity contribution in [2.75, 3.05) is 18.6 Å². The Morgan fingerprint density at radius 1 is 1.24 bits per heavy atom. The first-order chi connectivity index (χ1) is 8.11. The third kappa shape index (κ3) is 6.13. The third-order valence-corrected chi connectivity index (χ3v) is 4.28. The summed E-state index contributed by atoms with van der Waals surface area (Å²) >= 11 is 2.05. The van der Waals surface area contributed by atoms with Crippen LogP contribution in [0.4, 0.5) is 0 Å². The summed E-state index contributed by atoms with van der Waals surface area (Å²) in [6.45, 7) is 6.72. The Kier molecular flexibility index (Phi) is 6.68. The molecule has 1 N–H and O–H groups in total. The van der Waals surface area contributed by atoms with Gasteiger partial charge in [0.2, 0.25) is 0 Å². The van der Waals surface area contributed by atoms with Crippen LogP contribution in [0.15, 0.2) is 24.3 Å². The highest BCUT2D eigenvalue weighted by Gasteiger charge is 2.08. The molecule has 0 amide bonds. The van der Waals surface area contributed by atoms with Crippen molar-refractivity contribution in [1.82, 2.24) is 5.32 Å². The summed E-state index contributed by atoms with van der Waals surface area (Å²) in [7, 11) is 2.07. The Hall–Kier alpha value is -0.470. The molecule has 1 rings (SSSR count). The van der Waals surface area contributed by atoms with Gasteiger partial charge in [0, 0.05) is 11.8 Å². The lowest BCUT2D eigenvalue weighted by molar-refractivity contribution is 0.615. The molecule has 0 heterocycles. The normalized spacial score (nSPS) is 13.0. The molecule has 1 aromatic rings. The molecule has 2 heteroatoms. The van der Waals surface area contributed by atoms with Gasteiger partial charge in [-0.15, -0.1) is 0 Å². The summed E-state index contributed by atoms with van der Waals surface area (Å²) in [5, 5.41) is 3.42. The molecular weight excluding hydrogens is 226 g/mol. The number of benzene rings is 1. The highest BCUT2D eigenvalue weighted by molar-refractivity contribution is 7.99. The summed E-state index contributed by atoms with van der Waals surface area (Å²) in [5.74, 6) is 3.24. The average Bonchev–Trinajstić information content (AvgIpc) is 2.27. The standard InChI is InChI=1S/C15H25NS/c1-12(2)10-17-11-15(16-4)9-14-7-5-6-13(3)8-14/h5-8,12,15-16H,9-11H2,1-4H3. The number of hydrogen-bond acceptors (Lipinski definition) is 2. The number of likely N-dealkylation sites (N-methyl/N-ethyl adjacent to an activating group) is 1. The third-order valence-electron chi connectivity index (χ3n) is 2.74. The number of thioether (sulfide) groups is 1. The van der Waals surface area contributed by atoms with Gasteiger partial charge < -0.3 is 5.32 Å². The van der Waals surface area contributed by atoms with E-state index in [9.17, 15) is 0 Å². The minimum atomic E-state index is 0.584. The molecule has 0 bridgehead atoms. The first-order valence-electron chi connectivity index (χ1n) is 6.42. The monoisotopic (exact) mass is 251 g/mol. The van der Waals surface area contributed by atoms with Gasteiger partial charge in [-0.25, -0.2) is 0 Å². The topological polar surface area (TPSA) is 12.0 Å². The van der Waals surface area contributed by atoms with Crippen LogP contribution in [0, 0.1) is 12.8 Å². The van der Waals surface area contributed by atoms with Gasteiger partial charge in [-0.05, 0) is 37.6 Å². The molecule has 17 heavy (non-hydrogen) atoms. The van der Waals surface area contributed by atoms with Crippen molar-refractivity contribution in [2.45, 2.75) is 33.2 Å². The minimum absolute atomic E-state index is 0.584. The zero-order chi connectivity index (χ0) is 12.7. The molecule has 1 nitrogen and oxygen atoms in total. The Morgan fingerprint density at radius 3 is 2.59 bits per heavy atom. The molecule has 0 aromatic heterocycles. The quantitative estimate of drug-likeness (QED) is 0.796. The van der Waals surface area contributed by atoms with E-state index >= 15 is 0 Å². The minimum Gasteiger partial charge on any atom is -0.316 e. The largest absolute Gasteiger partial charge is 0.316 e. The summed E-state index contributed by atoms with van der Waals surface area (Å²) in [5.41, 5.74) is 2.79. The number of rotatable bonds is 7. The maximum atomic E-state index is 3.42. The molecule has 1 aromatic carbocycles. The van der Waals surface area contributed by atoms with Gasteiger partial charge in [-0.3, -0.25) is 0 Å². The van der Waals surface area contributed by atoms with Gasteiger partial charge in [0.1, 0.15) is 0 Å². The molecule has 0 aliphatic carbocycles. The van der Waals surface area contributed by atoms with E-state index in [0.717, 1.165) is 12.3 Å². The van der Waals surface area contributed by atoms with E-state index in [-0.39, 0.29) is 0 Å². The molecular formula is C15H25NS. The lowest BCUT2D eigenvalue weighted by Gasteiger charge is -2.16. The highest BCUT2D eigenvalue weighted by Crippen LogP contribution is 2.13. The summed E-state index contributed by atoms with van der Waals surface area (Å²) in [4.78, 5) is 0. The van der Waals surface area contributed by atoms with Crippen LogP contribution in [0.2, 0.25) is 0 Å². The van der Waals surface area contributed by atoms with Crippen LogP contribution in [-0.2, 0) is 6.42 Å². The zero-order valence-corrected chi connectivity index (χ0v) is 12.3. The van der Waals surface area contributed by atoms with Gasteiger partial charge in [-0.2, -0.15) is 11.8 Å². The van der Waals surface area contributed by atoms with Crippen molar-refractivity contribution < 1.29 is 0 Å². The number of aryl methyl sites for hydroxylation is 1. The number of hydrogen-bond donors (Lipinski definition) is 1. The van der Waals surface area contributed by atoms with Crippen LogP contribution in [0.1, 0.15) is 25.0 Å². The van der Waals surface area contributed by atoms with Gasteiger partial charge in [-0.1, -0.05) is 43.7 Å². The number of nitrogens with one attached hydrogen (secondary N) is 1. The van der Waals surface area contributed by atoms with Crippen LogP contribution in [-0.4, -0.2) is 24.6 Å². The summed E-state index contributed by atoms with van der Waals surface area (Å²) in [6, 6.07) is 9.41. The van der Waals surface area contributed by atoms with E-state index < -0.39 is 0 Å². The van der Waals surface area contributed by atoms with E-state index in [1.807, 2.05) is 0 Å². The first kappa shape index (κ1) is 14.6. The van der Waals surface area contributed by atoms with Crippen LogP contribution in [0.25, 0.3) is 0 Å².